The topological polar surface area (TPSA) is 82.2 Å². The Morgan fingerprint density at radius 3 is 2.67 bits per heavy atom. The van der Waals surface area contributed by atoms with E-state index in [9.17, 15) is 4.79 Å². The third kappa shape index (κ3) is 4.24. The Balaban J connectivity index is 1.85. The van der Waals surface area contributed by atoms with Gasteiger partial charge in [-0.3, -0.25) is 9.48 Å². The van der Waals surface area contributed by atoms with Crippen molar-refractivity contribution in [3.05, 3.63) is 41.7 Å². The molecule has 0 spiro atoms. The van der Waals surface area contributed by atoms with Crippen LogP contribution in [0.2, 0.25) is 0 Å². The number of carbonyl (C=O) groups excluding carboxylic acids is 1. The number of aryl methyl sites for hydroxylation is 1. The average Bonchev–Trinajstić information content (AvgIpc) is 2.78. The summed E-state index contributed by atoms with van der Waals surface area (Å²) in [5.74, 6) is 0.361. The summed E-state index contributed by atoms with van der Waals surface area (Å²) < 4.78 is 7.27. The molecule has 0 radical (unpaired) electrons. The highest BCUT2D eigenvalue weighted by Gasteiger charge is 2.03. The van der Waals surface area contributed by atoms with Crippen molar-refractivity contribution in [2.24, 2.45) is 12.8 Å². The zero-order valence-electron chi connectivity index (χ0n) is 12.3. The molecule has 3 N–H and O–H groups in total. The first-order chi connectivity index (χ1) is 10.1. The van der Waals surface area contributed by atoms with E-state index in [4.69, 9.17) is 10.5 Å². The number of rotatable bonds is 7. The molecule has 0 aliphatic rings. The number of aromatic nitrogens is 2. The molecule has 21 heavy (non-hydrogen) atoms. The molecule has 1 aromatic heterocycles. The third-order valence-corrected chi connectivity index (χ3v) is 3.29. The van der Waals surface area contributed by atoms with Crippen molar-refractivity contribution in [1.82, 2.24) is 9.78 Å². The number of hydrogen-bond acceptors (Lipinski definition) is 4. The molecule has 0 unspecified atom stereocenters. The number of carbonyl (C=O) groups is 1. The second kappa shape index (κ2) is 6.78. The molecule has 0 saturated heterocycles. The summed E-state index contributed by atoms with van der Waals surface area (Å²) in [6.07, 6.45) is 2.09. The predicted octanol–water partition coefficient (Wildman–Crippen LogP) is 1.59. The number of benzene rings is 1. The van der Waals surface area contributed by atoms with E-state index in [1.165, 1.54) is 5.56 Å². The molecule has 1 aromatic carbocycles. The normalized spacial score (nSPS) is 10.4. The molecule has 0 aliphatic heterocycles. The fraction of sp³-hybridized carbons (Fsp3) is 0.333. The Kier molecular flexibility index (Phi) is 4.81. The maximum Gasteiger partial charge on any atom is 0.220 e. The number of nitrogens with zero attached hydrogens (tertiary/aromatic N) is 2. The van der Waals surface area contributed by atoms with E-state index >= 15 is 0 Å². The van der Waals surface area contributed by atoms with Crippen molar-refractivity contribution in [3.8, 4) is 5.75 Å². The largest absolute Gasteiger partial charge is 0.493 e. The van der Waals surface area contributed by atoms with Crippen LogP contribution in [0.1, 0.15) is 17.7 Å². The maximum atomic E-state index is 10.6. The molecule has 0 aliphatic carbocycles. The lowest BCUT2D eigenvalue weighted by molar-refractivity contribution is -0.118. The molecule has 2 aromatic rings. The predicted molar refractivity (Wildman–Crippen MR) is 81.0 cm³/mol. The molecule has 1 amide bonds. The van der Waals surface area contributed by atoms with Crippen molar-refractivity contribution >= 4 is 11.6 Å². The minimum absolute atomic E-state index is 0.223. The van der Waals surface area contributed by atoms with Crippen LogP contribution < -0.4 is 15.8 Å². The van der Waals surface area contributed by atoms with Gasteiger partial charge in [0.15, 0.2) is 0 Å². The molecule has 6 heteroatoms. The van der Waals surface area contributed by atoms with Crippen molar-refractivity contribution in [2.75, 3.05) is 11.9 Å². The van der Waals surface area contributed by atoms with Crippen LogP contribution in [-0.2, 0) is 18.4 Å². The van der Waals surface area contributed by atoms with Crippen molar-refractivity contribution in [1.29, 1.82) is 0 Å². The van der Waals surface area contributed by atoms with E-state index in [1.54, 1.807) is 0 Å². The lowest BCUT2D eigenvalue weighted by Gasteiger charge is -2.08. The summed E-state index contributed by atoms with van der Waals surface area (Å²) in [6.45, 7) is 3.07. The second-order valence-electron chi connectivity index (χ2n) is 4.82. The Labute approximate surface area is 123 Å². The number of nitrogens with one attached hydrogen (secondary N) is 1. The van der Waals surface area contributed by atoms with E-state index in [0.717, 1.165) is 23.7 Å². The Bertz CT molecular complexity index is 605. The Morgan fingerprint density at radius 1 is 1.38 bits per heavy atom. The van der Waals surface area contributed by atoms with Crippen LogP contribution in [0.3, 0.4) is 0 Å². The van der Waals surface area contributed by atoms with Gasteiger partial charge in [-0.05, 0) is 31.2 Å². The van der Waals surface area contributed by atoms with Gasteiger partial charge in [-0.2, -0.15) is 5.10 Å². The molecule has 0 fully saturated rings. The lowest BCUT2D eigenvalue weighted by Crippen LogP contribution is -2.14. The van der Waals surface area contributed by atoms with Crippen molar-refractivity contribution < 1.29 is 9.53 Å². The van der Waals surface area contributed by atoms with Crippen molar-refractivity contribution in [3.63, 3.8) is 0 Å². The maximum absolute atomic E-state index is 10.6. The Morgan fingerprint density at radius 2 is 2.10 bits per heavy atom. The zero-order valence-corrected chi connectivity index (χ0v) is 12.3. The molecule has 112 valence electrons. The van der Waals surface area contributed by atoms with Crippen LogP contribution in [0.15, 0.2) is 30.5 Å². The molecule has 2 rings (SSSR count). The van der Waals surface area contributed by atoms with Gasteiger partial charge < -0.3 is 15.8 Å². The first kappa shape index (κ1) is 14.9. The van der Waals surface area contributed by atoms with E-state index < -0.39 is 0 Å². The number of primary amides is 1. The SMILES string of the molecule is Cc1c(CNc2ccc(OCCC(N)=O)cc2)cnn1C. The molecular formula is C15H20N4O2. The first-order valence-electron chi connectivity index (χ1n) is 6.79. The van der Waals surface area contributed by atoms with Crippen LogP contribution in [0.4, 0.5) is 5.69 Å². The monoisotopic (exact) mass is 288 g/mol. The van der Waals surface area contributed by atoms with Crippen molar-refractivity contribution in [2.45, 2.75) is 19.9 Å². The minimum atomic E-state index is -0.361. The standard InChI is InChI=1S/C15H20N4O2/c1-11-12(10-18-19(11)2)9-17-13-3-5-14(6-4-13)21-8-7-15(16)20/h3-6,10,17H,7-9H2,1-2H3,(H2,16,20). The van der Waals surface area contributed by atoms with E-state index in [2.05, 4.69) is 10.4 Å². The van der Waals surface area contributed by atoms with Gasteiger partial charge in [-0.15, -0.1) is 0 Å². The molecule has 0 saturated carbocycles. The average molecular weight is 288 g/mol. The Hall–Kier alpha value is -2.50. The second-order valence-corrected chi connectivity index (χ2v) is 4.82. The van der Waals surface area contributed by atoms with Crippen LogP contribution in [-0.4, -0.2) is 22.3 Å². The van der Waals surface area contributed by atoms with Gasteiger partial charge in [-0.1, -0.05) is 0 Å². The van der Waals surface area contributed by atoms with Gasteiger partial charge in [0.1, 0.15) is 5.75 Å². The van der Waals surface area contributed by atoms with Crippen LogP contribution in [0.5, 0.6) is 5.75 Å². The van der Waals surface area contributed by atoms with Crippen LogP contribution in [0.25, 0.3) is 0 Å². The first-order valence-corrected chi connectivity index (χ1v) is 6.79. The fourth-order valence-corrected chi connectivity index (χ4v) is 1.85. The van der Waals surface area contributed by atoms with Crippen LogP contribution >= 0.6 is 0 Å². The minimum Gasteiger partial charge on any atom is -0.493 e. The number of anilines is 1. The van der Waals surface area contributed by atoms with E-state index in [1.807, 2.05) is 49.1 Å². The smallest absolute Gasteiger partial charge is 0.220 e. The molecular weight excluding hydrogens is 268 g/mol. The number of amides is 1. The number of hydrogen-bond donors (Lipinski definition) is 2. The summed E-state index contributed by atoms with van der Waals surface area (Å²) in [5.41, 5.74) is 8.37. The highest BCUT2D eigenvalue weighted by molar-refractivity contribution is 5.73. The van der Waals surface area contributed by atoms with Gasteiger partial charge in [0.2, 0.25) is 5.91 Å². The van der Waals surface area contributed by atoms with Gasteiger partial charge in [0.25, 0.3) is 0 Å². The highest BCUT2D eigenvalue weighted by atomic mass is 16.5. The molecule has 1 heterocycles. The number of nitrogens with two attached hydrogens (primary N) is 1. The number of ether oxygens (including phenoxy) is 1. The van der Waals surface area contributed by atoms with Gasteiger partial charge >= 0.3 is 0 Å². The zero-order chi connectivity index (χ0) is 15.2. The molecule has 0 bridgehead atoms. The fourth-order valence-electron chi connectivity index (χ4n) is 1.85. The van der Waals surface area contributed by atoms with Gasteiger partial charge in [0, 0.05) is 30.5 Å². The highest BCUT2D eigenvalue weighted by Crippen LogP contribution is 2.17. The quantitative estimate of drug-likeness (QED) is 0.810. The van der Waals surface area contributed by atoms with Gasteiger partial charge in [-0.25, -0.2) is 0 Å². The molecule has 6 nitrogen and oxygen atoms in total. The van der Waals surface area contributed by atoms with E-state index in [-0.39, 0.29) is 12.3 Å². The van der Waals surface area contributed by atoms with Gasteiger partial charge in [0.05, 0.1) is 19.2 Å². The summed E-state index contributed by atoms with van der Waals surface area (Å²) in [6, 6.07) is 7.59. The summed E-state index contributed by atoms with van der Waals surface area (Å²) in [5, 5.41) is 7.54. The summed E-state index contributed by atoms with van der Waals surface area (Å²) in [4.78, 5) is 10.6. The lowest BCUT2D eigenvalue weighted by atomic mass is 10.2. The van der Waals surface area contributed by atoms with E-state index in [0.29, 0.717) is 6.61 Å². The summed E-state index contributed by atoms with van der Waals surface area (Å²) >= 11 is 0. The molecule has 0 atom stereocenters. The third-order valence-electron chi connectivity index (χ3n) is 3.29. The van der Waals surface area contributed by atoms with Crippen LogP contribution in [0, 0.1) is 6.92 Å². The summed E-state index contributed by atoms with van der Waals surface area (Å²) in [7, 11) is 1.93.